The second-order valence-electron chi connectivity index (χ2n) is 3.23. The summed E-state index contributed by atoms with van der Waals surface area (Å²) in [6.45, 7) is 3.55. The Bertz CT molecular complexity index is 270. The van der Waals surface area contributed by atoms with E-state index >= 15 is 0 Å². The molecule has 5 heteroatoms. The van der Waals surface area contributed by atoms with E-state index in [2.05, 4.69) is 10.3 Å². The highest BCUT2D eigenvalue weighted by Crippen LogP contribution is 1.90. The third-order valence-corrected chi connectivity index (χ3v) is 2.03. The Kier molecular flexibility index (Phi) is 4.12. The van der Waals surface area contributed by atoms with Gasteiger partial charge in [-0.2, -0.15) is 0 Å². The Morgan fingerprint density at radius 1 is 1.71 bits per heavy atom. The zero-order chi connectivity index (χ0) is 10.4. The molecule has 1 heterocycles. The summed E-state index contributed by atoms with van der Waals surface area (Å²) in [5, 5.41) is 2.80. The van der Waals surface area contributed by atoms with Crippen molar-refractivity contribution < 1.29 is 4.79 Å². The van der Waals surface area contributed by atoms with E-state index in [1.807, 2.05) is 17.7 Å². The van der Waals surface area contributed by atoms with Crippen molar-refractivity contribution in [2.45, 2.75) is 13.5 Å². The molecular weight excluding hydrogens is 180 g/mol. The SMILES string of the molecule is CC(CN)C(=O)NCCn1ccnc1. The molecule has 1 aromatic heterocycles. The van der Waals surface area contributed by atoms with Crippen LogP contribution in [0.1, 0.15) is 6.92 Å². The van der Waals surface area contributed by atoms with Gasteiger partial charge in [-0.15, -0.1) is 0 Å². The first-order chi connectivity index (χ1) is 6.74. The van der Waals surface area contributed by atoms with Gasteiger partial charge in [-0.3, -0.25) is 4.79 Å². The van der Waals surface area contributed by atoms with Crippen LogP contribution in [0.25, 0.3) is 0 Å². The molecule has 14 heavy (non-hydrogen) atoms. The van der Waals surface area contributed by atoms with E-state index in [-0.39, 0.29) is 11.8 Å². The number of nitrogens with one attached hydrogen (secondary N) is 1. The van der Waals surface area contributed by atoms with E-state index in [1.54, 1.807) is 12.5 Å². The van der Waals surface area contributed by atoms with E-state index in [0.717, 1.165) is 6.54 Å². The monoisotopic (exact) mass is 196 g/mol. The third kappa shape index (κ3) is 3.18. The summed E-state index contributed by atoms with van der Waals surface area (Å²) in [4.78, 5) is 15.2. The van der Waals surface area contributed by atoms with E-state index in [0.29, 0.717) is 13.1 Å². The van der Waals surface area contributed by atoms with Crippen molar-refractivity contribution in [2.24, 2.45) is 11.7 Å². The average molecular weight is 196 g/mol. The number of nitrogens with zero attached hydrogens (tertiary/aromatic N) is 2. The molecule has 78 valence electrons. The number of amides is 1. The molecule has 5 nitrogen and oxygen atoms in total. The standard InChI is InChI=1S/C9H16N4O/c1-8(6-10)9(14)12-3-5-13-4-2-11-7-13/h2,4,7-8H,3,5-6,10H2,1H3,(H,12,14). The van der Waals surface area contributed by atoms with Crippen molar-refractivity contribution in [3.05, 3.63) is 18.7 Å². The van der Waals surface area contributed by atoms with Gasteiger partial charge in [0.2, 0.25) is 5.91 Å². The van der Waals surface area contributed by atoms with Crippen LogP contribution in [0.4, 0.5) is 0 Å². The molecule has 0 aliphatic heterocycles. The van der Waals surface area contributed by atoms with Crippen molar-refractivity contribution >= 4 is 5.91 Å². The van der Waals surface area contributed by atoms with Gasteiger partial charge < -0.3 is 15.6 Å². The van der Waals surface area contributed by atoms with Crippen LogP contribution in [0.5, 0.6) is 0 Å². The average Bonchev–Trinajstić information content (AvgIpc) is 2.69. The molecule has 0 radical (unpaired) electrons. The quantitative estimate of drug-likeness (QED) is 0.672. The van der Waals surface area contributed by atoms with E-state index in [4.69, 9.17) is 5.73 Å². The molecule has 1 aromatic rings. The summed E-state index contributed by atoms with van der Waals surface area (Å²) in [7, 11) is 0. The summed E-state index contributed by atoms with van der Waals surface area (Å²) in [5.74, 6) is -0.106. The number of imidazole rings is 1. The number of hydrogen-bond donors (Lipinski definition) is 2. The summed E-state index contributed by atoms with van der Waals surface area (Å²) in [6, 6.07) is 0. The van der Waals surface area contributed by atoms with Gasteiger partial charge in [-0.1, -0.05) is 6.92 Å². The topological polar surface area (TPSA) is 72.9 Å². The molecule has 0 spiro atoms. The van der Waals surface area contributed by atoms with Crippen LogP contribution in [-0.2, 0) is 11.3 Å². The maximum Gasteiger partial charge on any atom is 0.224 e. The minimum Gasteiger partial charge on any atom is -0.354 e. The second kappa shape index (κ2) is 5.39. The molecule has 0 aliphatic carbocycles. The van der Waals surface area contributed by atoms with Crippen molar-refractivity contribution in [3.63, 3.8) is 0 Å². The van der Waals surface area contributed by atoms with Crippen LogP contribution in [0.3, 0.4) is 0 Å². The lowest BCUT2D eigenvalue weighted by molar-refractivity contribution is -0.124. The predicted octanol–water partition coefficient (Wildman–Crippen LogP) is -0.406. The number of hydrogen-bond acceptors (Lipinski definition) is 3. The maximum absolute atomic E-state index is 11.3. The summed E-state index contributed by atoms with van der Waals surface area (Å²) in [6.07, 6.45) is 5.29. The van der Waals surface area contributed by atoms with Gasteiger partial charge in [0.1, 0.15) is 0 Å². The fraction of sp³-hybridized carbons (Fsp3) is 0.556. The molecule has 0 aromatic carbocycles. The first-order valence-corrected chi connectivity index (χ1v) is 4.67. The number of carbonyl (C=O) groups excluding carboxylic acids is 1. The fourth-order valence-electron chi connectivity index (χ4n) is 1.01. The van der Waals surface area contributed by atoms with E-state index in [9.17, 15) is 4.79 Å². The Labute approximate surface area is 83.3 Å². The first kappa shape index (κ1) is 10.7. The van der Waals surface area contributed by atoms with Gasteiger partial charge in [0.25, 0.3) is 0 Å². The van der Waals surface area contributed by atoms with Crippen molar-refractivity contribution in [1.82, 2.24) is 14.9 Å². The lowest BCUT2D eigenvalue weighted by Crippen LogP contribution is -2.34. The number of carbonyl (C=O) groups is 1. The molecule has 0 fully saturated rings. The van der Waals surface area contributed by atoms with Crippen LogP contribution in [0.2, 0.25) is 0 Å². The third-order valence-electron chi connectivity index (χ3n) is 2.03. The first-order valence-electron chi connectivity index (χ1n) is 4.67. The highest BCUT2D eigenvalue weighted by Gasteiger charge is 2.08. The van der Waals surface area contributed by atoms with E-state index in [1.165, 1.54) is 0 Å². The maximum atomic E-state index is 11.3. The van der Waals surface area contributed by atoms with Crippen molar-refractivity contribution in [2.75, 3.05) is 13.1 Å². The Balaban J connectivity index is 2.18. The highest BCUT2D eigenvalue weighted by molar-refractivity contribution is 5.78. The highest BCUT2D eigenvalue weighted by atomic mass is 16.1. The summed E-state index contributed by atoms with van der Waals surface area (Å²) in [5.41, 5.74) is 5.36. The Hall–Kier alpha value is -1.36. The van der Waals surface area contributed by atoms with E-state index < -0.39 is 0 Å². The van der Waals surface area contributed by atoms with Crippen LogP contribution in [0.15, 0.2) is 18.7 Å². The number of aromatic nitrogens is 2. The fourth-order valence-corrected chi connectivity index (χ4v) is 1.01. The lowest BCUT2D eigenvalue weighted by atomic mass is 10.2. The van der Waals surface area contributed by atoms with Crippen LogP contribution in [0, 0.1) is 5.92 Å². The van der Waals surface area contributed by atoms with Gasteiger partial charge in [0.05, 0.1) is 6.33 Å². The Morgan fingerprint density at radius 3 is 3.07 bits per heavy atom. The van der Waals surface area contributed by atoms with Gasteiger partial charge in [-0.05, 0) is 0 Å². The normalized spacial score (nSPS) is 12.4. The molecular formula is C9H16N4O. The molecule has 0 bridgehead atoms. The molecule has 1 amide bonds. The van der Waals surface area contributed by atoms with Crippen LogP contribution < -0.4 is 11.1 Å². The molecule has 0 saturated heterocycles. The molecule has 1 rings (SSSR count). The molecule has 0 aliphatic rings. The molecule has 1 atom stereocenters. The minimum atomic E-state index is -0.113. The molecule has 3 N–H and O–H groups in total. The molecule has 0 saturated carbocycles. The van der Waals surface area contributed by atoms with Gasteiger partial charge >= 0.3 is 0 Å². The zero-order valence-electron chi connectivity index (χ0n) is 8.31. The Morgan fingerprint density at radius 2 is 2.50 bits per heavy atom. The van der Waals surface area contributed by atoms with Crippen LogP contribution in [-0.4, -0.2) is 28.5 Å². The number of rotatable bonds is 5. The van der Waals surface area contributed by atoms with Gasteiger partial charge in [0, 0.05) is 37.9 Å². The summed E-state index contributed by atoms with van der Waals surface area (Å²) < 4.78 is 1.91. The van der Waals surface area contributed by atoms with Gasteiger partial charge in [-0.25, -0.2) is 4.98 Å². The zero-order valence-corrected chi connectivity index (χ0v) is 8.31. The van der Waals surface area contributed by atoms with Crippen molar-refractivity contribution in [1.29, 1.82) is 0 Å². The van der Waals surface area contributed by atoms with Crippen LogP contribution >= 0.6 is 0 Å². The largest absolute Gasteiger partial charge is 0.354 e. The van der Waals surface area contributed by atoms with Crippen molar-refractivity contribution in [3.8, 4) is 0 Å². The van der Waals surface area contributed by atoms with Gasteiger partial charge in [0.15, 0.2) is 0 Å². The molecule has 1 unspecified atom stereocenters. The minimum absolute atomic E-state index is 0.00705. The smallest absolute Gasteiger partial charge is 0.224 e. The predicted molar refractivity (Wildman–Crippen MR) is 53.5 cm³/mol. The second-order valence-corrected chi connectivity index (χ2v) is 3.23. The summed E-state index contributed by atoms with van der Waals surface area (Å²) >= 11 is 0. The lowest BCUT2D eigenvalue weighted by Gasteiger charge is -2.09. The number of nitrogens with two attached hydrogens (primary N) is 1.